The number of hydrogen-bond acceptors (Lipinski definition) is 5. The number of ether oxygens (including phenoxy) is 5. The second-order valence-corrected chi connectivity index (χ2v) is 6.55. The first kappa shape index (κ1) is 16.6. The van der Waals surface area contributed by atoms with Gasteiger partial charge < -0.3 is 23.7 Å². The van der Waals surface area contributed by atoms with E-state index in [-0.39, 0.29) is 30.5 Å². The molecule has 0 amide bonds. The van der Waals surface area contributed by atoms with Crippen molar-refractivity contribution < 1.29 is 23.7 Å². The molecule has 3 aliphatic rings. The largest absolute Gasteiger partial charge is 0.497 e. The second-order valence-electron chi connectivity index (χ2n) is 6.55. The summed E-state index contributed by atoms with van der Waals surface area (Å²) in [5.74, 6) is 0.842. The quantitative estimate of drug-likeness (QED) is 0.786. The molecule has 0 radical (unpaired) electrons. The molecule has 0 unspecified atom stereocenters. The van der Waals surface area contributed by atoms with Crippen LogP contribution in [-0.2, 0) is 25.6 Å². The van der Waals surface area contributed by atoms with E-state index in [4.69, 9.17) is 23.7 Å². The summed E-state index contributed by atoms with van der Waals surface area (Å²) in [4.78, 5) is 0. The number of methoxy groups -OCH3 is 1. The molecule has 5 heteroatoms. The Kier molecular flexibility index (Phi) is 5.06. The predicted octanol–water partition coefficient (Wildman–Crippen LogP) is 3.00. The molecule has 5 nitrogen and oxygen atoms in total. The summed E-state index contributed by atoms with van der Waals surface area (Å²) in [6, 6.07) is 7.93. The third-order valence-electron chi connectivity index (χ3n) is 4.95. The van der Waals surface area contributed by atoms with Gasteiger partial charge in [-0.15, -0.1) is 0 Å². The molecule has 4 rings (SSSR count). The van der Waals surface area contributed by atoms with E-state index < -0.39 is 0 Å². The van der Waals surface area contributed by atoms with E-state index in [9.17, 15) is 0 Å². The van der Waals surface area contributed by atoms with Crippen molar-refractivity contribution in [1.29, 1.82) is 0 Å². The first-order valence-electron chi connectivity index (χ1n) is 8.82. The van der Waals surface area contributed by atoms with Crippen molar-refractivity contribution in [1.82, 2.24) is 0 Å². The maximum absolute atomic E-state index is 6.30. The third kappa shape index (κ3) is 3.59. The zero-order chi connectivity index (χ0) is 17.1. The van der Waals surface area contributed by atoms with E-state index in [1.165, 1.54) is 0 Å². The molecular weight excluding hydrogens is 320 g/mol. The monoisotopic (exact) mass is 344 g/mol. The summed E-state index contributed by atoms with van der Waals surface area (Å²) in [6.45, 7) is 1.09. The summed E-state index contributed by atoms with van der Waals surface area (Å²) in [5.41, 5.74) is 1.10. The van der Waals surface area contributed by atoms with Gasteiger partial charge in [0.1, 0.15) is 24.1 Å². The Morgan fingerprint density at radius 2 is 1.80 bits per heavy atom. The average molecular weight is 344 g/mol. The van der Waals surface area contributed by atoms with Crippen molar-refractivity contribution in [2.45, 2.75) is 50.0 Å². The molecular formula is C20H24O5. The number of benzene rings is 1. The smallest absolute Gasteiger partial charge is 0.153 e. The van der Waals surface area contributed by atoms with Crippen molar-refractivity contribution in [3.63, 3.8) is 0 Å². The Morgan fingerprint density at radius 1 is 1.00 bits per heavy atom. The fraction of sp³-hybridized carbons (Fsp3) is 0.500. The minimum atomic E-state index is -0.157. The van der Waals surface area contributed by atoms with Gasteiger partial charge in [0.15, 0.2) is 6.10 Å². The van der Waals surface area contributed by atoms with Crippen LogP contribution >= 0.6 is 0 Å². The Balaban J connectivity index is 1.49. The molecule has 0 bridgehead atoms. The fourth-order valence-corrected chi connectivity index (χ4v) is 3.64. The second kappa shape index (κ2) is 7.60. The van der Waals surface area contributed by atoms with Gasteiger partial charge >= 0.3 is 0 Å². The summed E-state index contributed by atoms with van der Waals surface area (Å²) in [5, 5.41) is 0. The van der Waals surface area contributed by atoms with Gasteiger partial charge in [-0.25, -0.2) is 0 Å². The van der Waals surface area contributed by atoms with Crippen LogP contribution in [0.15, 0.2) is 48.8 Å². The van der Waals surface area contributed by atoms with Gasteiger partial charge in [-0.2, -0.15) is 0 Å². The number of fused-ring (bicyclic) bond motifs is 2. The van der Waals surface area contributed by atoms with Crippen LogP contribution in [0, 0.1) is 0 Å². The molecule has 0 aliphatic carbocycles. The molecule has 3 aliphatic heterocycles. The maximum Gasteiger partial charge on any atom is 0.153 e. The van der Waals surface area contributed by atoms with Gasteiger partial charge in [0.05, 0.1) is 32.7 Å². The Hall–Kier alpha value is -1.82. The topological polar surface area (TPSA) is 46.2 Å². The lowest BCUT2D eigenvalue weighted by Crippen LogP contribution is -2.60. The van der Waals surface area contributed by atoms with E-state index in [2.05, 4.69) is 6.08 Å². The van der Waals surface area contributed by atoms with Crippen LogP contribution in [0.4, 0.5) is 0 Å². The van der Waals surface area contributed by atoms with E-state index in [0.717, 1.165) is 24.2 Å². The molecule has 5 atom stereocenters. The van der Waals surface area contributed by atoms with Crippen molar-refractivity contribution in [2.75, 3.05) is 13.7 Å². The van der Waals surface area contributed by atoms with Crippen LogP contribution in [0.5, 0.6) is 5.75 Å². The Bertz CT molecular complexity index is 623. The van der Waals surface area contributed by atoms with Crippen LogP contribution in [0.3, 0.4) is 0 Å². The van der Waals surface area contributed by atoms with E-state index in [0.29, 0.717) is 13.2 Å². The molecule has 3 heterocycles. The molecule has 1 fully saturated rings. The first-order valence-corrected chi connectivity index (χ1v) is 8.82. The van der Waals surface area contributed by atoms with Crippen LogP contribution in [-0.4, -0.2) is 44.2 Å². The summed E-state index contributed by atoms with van der Waals surface area (Å²) in [7, 11) is 1.67. The molecule has 1 saturated heterocycles. The molecule has 0 N–H and O–H groups in total. The lowest BCUT2D eigenvalue weighted by Gasteiger charge is -2.46. The maximum atomic E-state index is 6.30. The zero-order valence-corrected chi connectivity index (χ0v) is 14.4. The van der Waals surface area contributed by atoms with Gasteiger partial charge in [-0.05, 0) is 36.6 Å². The van der Waals surface area contributed by atoms with E-state index in [1.54, 1.807) is 13.4 Å². The predicted molar refractivity (Wildman–Crippen MR) is 92.4 cm³/mol. The van der Waals surface area contributed by atoms with Crippen molar-refractivity contribution >= 4 is 0 Å². The zero-order valence-electron chi connectivity index (χ0n) is 14.4. The molecule has 0 saturated carbocycles. The molecule has 134 valence electrons. The van der Waals surface area contributed by atoms with E-state index >= 15 is 0 Å². The lowest BCUT2D eigenvalue weighted by molar-refractivity contribution is -0.249. The van der Waals surface area contributed by atoms with Crippen LogP contribution in [0.2, 0.25) is 0 Å². The number of hydrogen-bond donors (Lipinski definition) is 0. The average Bonchev–Trinajstić information content (AvgIpc) is 2.91. The van der Waals surface area contributed by atoms with Gasteiger partial charge in [0.2, 0.25) is 0 Å². The summed E-state index contributed by atoms with van der Waals surface area (Å²) >= 11 is 0. The van der Waals surface area contributed by atoms with Crippen molar-refractivity contribution in [3.8, 4) is 5.75 Å². The standard InChI is InChI=1S/C20H24O5/c1-21-15-9-7-14(8-10-15)13-24-20-18-16(5-2-3-11-22-18)25-17-6-4-12-23-19(17)20/h2-4,7-10,12,16-20H,5-6,11,13H2,1H3/t16-,17+,18-,19+,20+/m0/s1. The highest BCUT2D eigenvalue weighted by Gasteiger charge is 2.48. The highest BCUT2D eigenvalue weighted by Crippen LogP contribution is 2.34. The van der Waals surface area contributed by atoms with E-state index in [1.807, 2.05) is 36.4 Å². The lowest BCUT2D eigenvalue weighted by atomic mass is 9.90. The van der Waals surface area contributed by atoms with Crippen LogP contribution < -0.4 is 4.74 Å². The van der Waals surface area contributed by atoms with Gasteiger partial charge in [0, 0.05) is 0 Å². The van der Waals surface area contributed by atoms with Crippen LogP contribution in [0.1, 0.15) is 18.4 Å². The number of rotatable bonds is 4. The van der Waals surface area contributed by atoms with Crippen molar-refractivity contribution in [3.05, 3.63) is 54.3 Å². The fourth-order valence-electron chi connectivity index (χ4n) is 3.64. The summed E-state index contributed by atoms with van der Waals surface area (Å²) < 4.78 is 29.6. The van der Waals surface area contributed by atoms with Gasteiger partial charge in [-0.3, -0.25) is 0 Å². The summed E-state index contributed by atoms with van der Waals surface area (Å²) in [6.07, 6.45) is 9.24. The molecule has 25 heavy (non-hydrogen) atoms. The van der Waals surface area contributed by atoms with Gasteiger partial charge in [-0.1, -0.05) is 24.3 Å². The van der Waals surface area contributed by atoms with Gasteiger partial charge in [0.25, 0.3) is 0 Å². The molecule has 1 aromatic rings. The molecule has 0 aromatic heterocycles. The van der Waals surface area contributed by atoms with Crippen molar-refractivity contribution in [2.24, 2.45) is 0 Å². The highest BCUT2D eigenvalue weighted by atomic mass is 16.6. The van der Waals surface area contributed by atoms with Crippen LogP contribution in [0.25, 0.3) is 0 Å². The third-order valence-corrected chi connectivity index (χ3v) is 4.95. The minimum Gasteiger partial charge on any atom is -0.497 e. The Labute approximate surface area is 148 Å². The highest BCUT2D eigenvalue weighted by molar-refractivity contribution is 5.26. The SMILES string of the molecule is COc1ccc(CO[C@@H]2[C@H]3OCC=CC[C@@H]3O[C@@H]3CC=CO[C@@H]23)cc1. The molecule has 1 aromatic carbocycles. The normalized spacial score (nSPS) is 33.7. The minimum absolute atomic E-state index is 0.0102. The molecule has 0 spiro atoms. The Morgan fingerprint density at radius 3 is 2.64 bits per heavy atom. The first-order chi connectivity index (χ1) is 12.3.